The first-order chi connectivity index (χ1) is 9.49. The van der Waals surface area contributed by atoms with Crippen LogP contribution in [0.2, 0.25) is 0 Å². The zero-order valence-electron chi connectivity index (χ0n) is 12.8. The van der Waals surface area contributed by atoms with E-state index >= 15 is 0 Å². The highest BCUT2D eigenvalue weighted by molar-refractivity contribution is 7.05. The molecule has 0 saturated carbocycles. The van der Waals surface area contributed by atoms with Gasteiger partial charge in [-0.1, -0.05) is 32.2 Å². The SMILES string of the molecule is CCNC(c1snnc1C(C)(C)C)c1nccn1CC. The molecule has 5 nitrogen and oxygen atoms in total. The van der Waals surface area contributed by atoms with Gasteiger partial charge >= 0.3 is 0 Å². The lowest BCUT2D eigenvalue weighted by atomic mass is 9.90. The third kappa shape index (κ3) is 2.91. The molecule has 2 aromatic rings. The summed E-state index contributed by atoms with van der Waals surface area (Å²) in [6, 6.07) is 0.0594. The molecule has 0 amide bonds. The second-order valence-corrected chi connectivity index (χ2v) is 6.58. The molecular formula is C14H23N5S. The van der Waals surface area contributed by atoms with Gasteiger partial charge in [-0.2, -0.15) is 0 Å². The van der Waals surface area contributed by atoms with Crippen molar-refractivity contribution in [1.82, 2.24) is 24.5 Å². The van der Waals surface area contributed by atoms with Crippen LogP contribution in [0.3, 0.4) is 0 Å². The summed E-state index contributed by atoms with van der Waals surface area (Å²) in [7, 11) is 0. The summed E-state index contributed by atoms with van der Waals surface area (Å²) in [6.07, 6.45) is 3.87. The molecule has 20 heavy (non-hydrogen) atoms. The van der Waals surface area contributed by atoms with Crippen molar-refractivity contribution in [2.24, 2.45) is 0 Å². The second-order valence-electron chi connectivity index (χ2n) is 5.80. The number of hydrogen-bond acceptors (Lipinski definition) is 5. The Morgan fingerprint density at radius 1 is 1.35 bits per heavy atom. The maximum atomic E-state index is 4.54. The van der Waals surface area contributed by atoms with Gasteiger partial charge in [0.1, 0.15) is 11.9 Å². The largest absolute Gasteiger partial charge is 0.334 e. The quantitative estimate of drug-likeness (QED) is 0.921. The van der Waals surface area contributed by atoms with Crippen LogP contribution in [0.25, 0.3) is 0 Å². The zero-order valence-corrected chi connectivity index (χ0v) is 13.7. The van der Waals surface area contributed by atoms with E-state index in [0.29, 0.717) is 0 Å². The van der Waals surface area contributed by atoms with Gasteiger partial charge in [0.2, 0.25) is 0 Å². The van der Waals surface area contributed by atoms with Gasteiger partial charge in [0.15, 0.2) is 0 Å². The summed E-state index contributed by atoms with van der Waals surface area (Å²) in [4.78, 5) is 5.70. The van der Waals surface area contributed by atoms with E-state index in [1.54, 1.807) is 0 Å². The standard InChI is InChI=1S/C14H23N5S/c1-6-15-10(13-16-8-9-19(13)7-2)11-12(14(3,4)5)17-18-20-11/h8-10,15H,6-7H2,1-5H3. The van der Waals surface area contributed by atoms with Crippen LogP contribution in [-0.2, 0) is 12.0 Å². The highest BCUT2D eigenvalue weighted by Gasteiger charge is 2.29. The van der Waals surface area contributed by atoms with E-state index in [-0.39, 0.29) is 11.5 Å². The average Bonchev–Trinajstić information content (AvgIpc) is 3.03. The summed E-state index contributed by atoms with van der Waals surface area (Å²) in [6.45, 7) is 12.5. The number of nitrogens with zero attached hydrogens (tertiary/aromatic N) is 4. The normalized spacial score (nSPS) is 13.7. The van der Waals surface area contributed by atoms with Crippen LogP contribution in [0.1, 0.15) is 57.1 Å². The molecular weight excluding hydrogens is 270 g/mol. The molecule has 0 aromatic carbocycles. The van der Waals surface area contributed by atoms with Crippen molar-refractivity contribution in [3.05, 3.63) is 28.8 Å². The van der Waals surface area contributed by atoms with E-state index in [9.17, 15) is 0 Å². The van der Waals surface area contributed by atoms with Crippen LogP contribution in [0, 0.1) is 0 Å². The van der Waals surface area contributed by atoms with Crippen molar-refractivity contribution >= 4 is 11.5 Å². The minimum atomic E-state index is -0.0142. The Morgan fingerprint density at radius 2 is 2.10 bits per heavy atom. The molecule has 0 radical (unpaired) electrons. The van der Waals surface area contributed by atoms with Crippen LogP contribution in [0.4, 0.5) is 0 Å². The molecule has 2 aromatic heterocycles. The van der Waals surface area contributed by atoms with Crippen LogP contribution in [-0.4, -0.2) is 25.7 Å². The summed E-state index contributed by atoms with van der Waals surface area (Å²) < 4.78 is 6.34. The van der Waals surface area contributed by atoms with E-state index in [1.165, 1.54) is 16.4 Å². The molecule has 110 valence electrons. The van der Waals surface area contributed by atoms with Crippen LogP contribution >= 0.6 is 11.5 Å². The first kappa shape index (κ1) is 15.1. The highest BCUT2D eigenvalue weighted by atomic mass is 32.1. The maximum Gasteiger partial charge on any atom is 0.131 e. The van der Waals surface area contributed by atoms with Crippen molar-refractivity contribution in [2.75, 3.05) is 6.54 Å². The Balaban J connectivity index is 2.47. The first-order valence-corrected chi connectivity index (χ1v) is 7.83. The molecule has 0 spiro atoms. The third-order valence-corrected chi connectivity index (χ3v) is 4.03. The smallest absolute Gasteiger partial charge is 0.131 e. The summed E-state index contributed by atoms with van der Waals surface area (Å²) in [5.74, 6) is 1.03. The molecule has 0 aliphatic carbocycles. The summed E-state index contributed by atoms with van der Waals surface area (Å²) in [5.41, 5.74) is 1.04. The van der Waals surface area contributed by atoms with Crippen LogP contribution in [0.15, 0.2) is 12.4 Å². The Bertz CT molecular complexity index is 552. The number of hydrogen-bond donors (Lipinski definition) is 1. The van der Waals surface area contributed by atoms with Crippen molar-refractivity contribution < 1.29 is 0 Å². The number of nitrogens with one attached hydrogen (secondary N) is 1. The van der Waals surface area contributed by atoms with Gasteiger partial charge in [0.25, 0.3) is 0 Å². The number of imidazole rings is 1. The predicted molar refractivity (Wildman–Crippen MR) is 82.0 cm³/mol. The molecule has 1 unspecified atom stereocenters. The minimum Gasteiger partial charge on any atom is -0.334 e. The van der Waals surface area contributed by atoms with Gasteiger partial charge in [-0.15, -0.1) is 5.10 Å². The lowest BCUT2D eigenvalue weighted by Crippen LogP contribution is -2.27. The topological polar surface area (TPSA) is 55.6 Å². The Hall–Kier alpha value is -1.27. The first-order valence-electron chi connectivity index (χ1n) is 7.06. The molecule has 1 atom stereocenters. The second kappa shape index (κ2) is 6.01. The number of aryl methyl sites for hydroxylation is 1. The van der Waals surface area contributed by atoms with Gasteiger partial charge < -0.3 is 9.88 Å². The molecule has 2 heterocycles. The predicted octanol–water partition coefficient (Wildman–Crippen LogP) is 2.75. The van der Waals surface area contributed by atoms with Gasteiger partial charge in [-0.05, 0) is 25.0 Å². The molecule has 1 N–H and O–H groups in total. The van der Waals surface area contributed by atoms with E-state index < -0.39 is 0 Å². The van der Waals surface area contributed by atoms with Gasteiger partial charge in [0, 0.05) is 24.4 Å². The molecule has 0 aliphatic heterocycles. The van der Waals surface area contributed by atoms with Gasteiger partial charge in [-0.25, -0.2) is 4.98 Å². The monoisotopic (exact) mass is 293 g/mol. The molecule has 0 bridgehead atoms. The Morgan fingerprint density at radius 3 is 2.70 bits per heavy atom. The molecule has 2 rings (SSSR count). The van der Waals surface area contributed by atoms with Crippen molar-refractivity contribution in [2.45, 2.75) is 52.6 Å². The van der Waals surface area contributed by atoms with Crippen molar-refractivity contribution in [3.8, 4) is 0 Å². The molecule has 0 saturated heterocycles. The molecule has 6 heteroatoms. The van der Waals surface area contributed by atoms with E-state index in [4.69, 9.17) is 0 Å². The minimum absolute atomic E-state index is 0.0142. The fraction of sp³-hybridized carbons (Fsp3) is 0.643. The van der Waals surface area contributed by atoms with Crippen molar-refractivity contribution in [1.29, 1.82) is 0 Å². The molecule has 0 fully saturated rings. The Kier molecular flexibility index (Phi) is 4.55. The van der Waals surface area contributed by atoms with Crippen molar-refractivity contribution in [3.63, 3.8) is 0 Å². The van der Waals surface area contributed by atoms with Gasteiger partial charge in [-0.3, -0.25) is 0 Å². The number of aromatic nitrogens is 4. The number of rotatable bonds is 5. The molecule has 0 aliphatic rings. The average molecular weight is 293 g/mol. The van der Waals surface area contributed by atoms with Gasteiger partial charge in [0.05, 0.1) is 10.6 Å². The lowest BCUT2D eigenvalue weighted by Gasteiger charge is -2.22. The lowest BCUT2D eigenvalue weighted by molar-refractivity contribution is 0.524. The fourth-order valence-electron chi connectivity index (χ4n) is 2.26. The third-order valence-electron chi connectivity index (χ3n) is 3.24. The van der Waals surface area contributed by atoms with E-state index in [2.05, 4.69) is 59.1 Å². The van der Waals surface area contributed by atoms with E-state index in [1.807, 2.05) is 12.4 Å². The van der Waals surface area contributed by atoms with Crippen LogP contribution < -0.4 is 5.32 Å². The van der Waals surface area contributed by atoms with Crippen LogP contribution in [0.5, 0.6) is 0 Å². The summed E-state index contributed by atoms with van der Waals surface area (Å²) in [5, 5.41) is 7.87. The summed E-state index contributed by atoms with van der Waals surface area (Å²) >= 11 is 1.46. The van der Waals surface area contributed by atoms with E-state index in [0.717, 1.165) is 24.6 Å². The fourth-order valence-corrected chi connectivity index (χ4v) is 3.20. The Labute approximate surface area is 124 Å². The maximum absolute atomic E-state index is 4.54. The highest BCUT2D eigenvalue weighted by Crippen LogP contribution is 2.33. The zero-order chi connectivity index (χ0) is 14.8.